The molecule has 1 aliphatic rings. The maximum Gasteiger partial charge on any atom is 0.262 e. The topological polar surface area (TPSA) is 75.7 Å². The van der Waals surface area contributed by atoms with E-state index in [1.54, 1.807) is 48.5 Å². The van der Waals surface area contributed by atoms with Crippen LogP contribution in [0, 0.1) is 0 Å². The summed E-state index contributed by atoms with van der Waals surface area (Å²) < 4.78 is 32.9. The van der Waals surface area contributed by atoms with Crippen molar-refractivity contribution >= 4 is 44.8 Å². The standard InChI is InChI=1S/C23H20Cl2N2O4S/c24-18-6-9-20(10-7-18)32(29,30)27-12-11-16-5-8-19(13-17(16)14-27)26-23(28)15-31-22-4-2-1-3-21(22)25/h1-10,13H,11-12,14-15H2,(H,26,28). The van der Waals surface area contributed by atoms with Crippen LogP contribution in [0.5, 0.6) is 5.75 Å². The summed E-state index contributed by atoms with van der Waals surface area (Å²) >= 11 is 11.9. The molecule has 1 aliphatic heterocycles. The number of ether oxygens (including phenoxy) is 1. The van der Waals surface area contributed by atoms with Gasteiger partial charge in [0.05, 0.1) is 9.92 Å². The van der Waals surface area contributed by atoms with Gasteiger partial charge in [-0.05, 0) is 66.1 Å². The minimum absolute atomic E-state index is 0.197. The summed E-state index contributed by atoms with van der Waals surface area (Å²) in [5, 5.41) is 3.69. The molecule has 0 unspecified atom stereocenters. The molecule has 3 aromatic carbocycles. The van der Waals surface area contributed by atoms with E-state index >= 15 is 0 Å². The van der Waals surface area contributed by atoms with Crippen LogP contribution in [0.3, 0.4) is 0 Å². The van der Waals surface area contributed by atoms with Crippen molar-refractivity contribution in [2.45, 2.75) is 17.9 Å². The van der Waals surface area contributed by atoms with Gasteiger partial charge >= 0.3 is 0 Å². The van der Waals surface area contributed by atoms with Crippen molar-refractivity contribution in [1.82, 2.24) is 4.31 Å². The van der Waals surface area contributed by atoms with Crippen molar-refractivity contribution in [3.05, 3.63) is 87.9 Å². The van der Waals surface area contributed by atoms with Crippen LogP contribution in [0.15, 0.2) is 71.6 Å². The number of carbonyl (C=O) groups excluding carboxylic acids is 1. The summed E-state index contributed by atoms with van der Waals surface area (Å²) in [6, 6.07) is 18.5. The van der Waals surface area contributed by atoms with E-state index < -0.39 is 10.0 Å². The third-order valence-electron chi connectivity index (χ3n) is 5.11. The van der Waals surface area contributed by atoms with Gasteiger partial charge < -0.3 is 10.1 Å². The SMILES string of the molecule is O=C(COc1ccccc1Cl)Nc1ccc2c(c1)CN(S(=O)(=O)c1ccc(Cl)cc1)CC2. The molecule has 0 saturated heterocycles. The first kappa shape index (κ1) is 22.6. The van der Waals surface area contributed by atoms with Gasteiger partial charge in [0.25, 0.3) is 5.91 Å². The molecule has 32 heavy (non-hydrogen) atoms. The van der Waals surface area contributed by atoms with Crippen molar-refractivity contribution < 1.29 is 17.9 Å². The van der Waals surface area contributed by atoms with Gasteiger partial charge in [-0.15, -0.1) is 0 Å². The van der Waals surface area contributed by atoms with Gasteiger partial charge in [0.2, 0.25) is 10.0 Å². The fraction of sp³-hybridized carbons (Fsp3) is 0.174. The van der Waals surface area contributed by atoms with Crippen molar-refractivity contribution in [3.8, 4) is 5.75 Å². The number of benzene rings is 3. The van der Waals surface area contributed by atoms with Gasteiger partial charge in [-0.2, -0.15) is 4.31 Å². The lowest BCUT2D eigenvalue weighted by Gasteiger charge is -2.28. The summed E-state index contributed by atoms with van der Waals surface area (Å²) in [5.74, 6) is 0.0872. The molecule has 0 aromatic heterocycles. The Morgan fingerprint density at radius 1 is 1.00 bits per heavy atom. The largest absolute Gasteiger partial charge is 0.482 e. The van der Waals surface area contributed by atoms with E-state index in [0.29, 0.717) is 34.4 Å². The highest BCUT2D eigenvalue weighted by molar-refractivity contribution is 7.89. The monoisotopic (exact) mass is 490 g/mol. The lowest BCUT2D eigenvalue weighted by atomic mass is 10.0. The minimum atomic E-state index is -3.65. The molecule has 0 saturated carbocycles. The maximum atomic E-state index is 13.0. The van der Waals surface area contributed by atoms with Gasteiger partial charge in [0.15, 0.2) is 6.61 Å². The molecular formula is C23H20Cl2N2O4S. The van der Waals surface area contributed by atoms with E-state index in [1.165, 1.54) is 16.4 Å². The van der Waals surface area contributed by atoms with Crippen LogP contribution in [-0.2, 0) is 27.8 Å². The average molecular weight is 491 g/mol. The predicted octanol–water partition coefficient (Wildman–Crippen LogP) is 4.76. The third kappa shape index (κ3) is 5.07. The van der Waals surface area contributed by atoms with Crippen molar-refractivity contribution in [2.75, 3.05) is 18.5 Å². The summed E-state index contributed by atoms with van der Waals surface area (Å²) in [6.07, 6.45) is 0.589. The highest BCUT2D eigenvalue weighted by Crippen LogP contribution is 2.28. The number of fused-ring (bicyclic) bond motifs is 1. The highest BCUT2D eigenvalue weighted by atomic mass is 35.5. The molecule has 6 nitrogen and oxygen atoms in total. The molecule has 0 spiro atoms. The van der Waals surface area contributed by atoms with Crippen LogP contribution in [-0.4, -0.2) is 31.8 Å². The van der Waals surface area contributed by atoms with E-state index in [2.05, 4.69) is 5.32 Å². The van der Waals surface area contributed by atoms with E-state index in [-0.39, 0.29) is 24.0 Å². The first-order chi connectivity index (χ1) is 15.3. The van der Waals surface area contributed by atoms with Gasteiger partial charge in [-0.25, -0.2) is 8.42 Å². The van der Waals surface area contributed by atoms with E-state index in [1.807, 2.05) is 6.07 Å². The molecule has 1 N–H and O–H groups in total. The normalized spacial score (nSPS) is 13.9. The number of sulfonamides is 1. The molecule has 1 amide bonds. The Balaban J connectivity index is 1.44. The molecule has 166 valence electrons. The summed E-state index contributed by atoms with van der Waals surface area (Å²) in [5.41, 5.74) is 2.47. The second-order valence-corrected chi connectivity index (χ2v) is 10.1. The fourth-order valence-corrected chi connectivity index (χ4v) is 5.21. The quantitative estimate of drug-likeness (QED) is 0.540. The van der Waals surface area contributed by atoms with Crippen LogP contribution in [0.2, 0.25) is 10.0 Å². The Hall–Kier alpha value is -2.58. The van der Waals surface area contributed by atoms with Gasteiger partial charge in [0, 0.05) is 23.8 Å². The summed E-state index contributed by atoms with van der Waals surface area (Å²) in [4.78, 5) is 12.5. The molecule has 0 radical (unpaired) electrons. The average Bonchev–Trinajstić information content (AvgIpc) is 2.78. The van der Waals surface area contributed by atoms with Crippen molar-refractivity contribution in [1.29, 1.82) is 0 Å². The van der Waals surface area contributed by atoms with Crippen LogP contribution in [0.4, 0.5) is 5.69 Å². The molecular weight excluding hydrogens is 471 g/mol. The fourth-order valence-electron chi connectivity index (χ4n) is 3.47. The molecule has 0 atom stereocenters. The molecule has 1 heterocycles. The van der Waals surface area contributed by atoms with Gasteiger partial charge in [0.1, 0.15) is 5.75 Å². The van der Waals surface area contributed by atoms with Crippen LogP contribution in [0.1, 0.15) is 11.1 Å². The predicted molar refractivity (Wildman–Crippen MR) is 125 cm³/mol. The first-order valence-corrected chi connectivity index (χ1v) is 12.1. The Morgan fingerprint density at radius 3 is 2.50 bits per heavy atom. The minimum Gasteiger partial charge on any atom is -0.482 e. The number of anilines is 1. The van der Waals surface area contributed by atoms with E-state index in [4.69, 9.17) is 27.9 Å². The number of hydrogen-bond acceptors (Lipinski definition) is 4. The Kier molecular flexibility index (Phi) is 6.71. The smallest absolute Gasteiger partial charge is 0.262 e. The van der Waals surface area contributed by atoms with Crippen LogP contribution < -0.4 is 10.1 Å². The Bertz CT molecular complexity index is 1250. The van der Waals surface area contributed by atoms with E-state index in [0.717, 1.165) is 11.1 Å². The van der Waals surface area contributed by atoms with Gasteiger partial charge in [-0.3, -0.25) is 4.79 Å². The second kappa shape index (κ2) is 9.50. The maximum absolute atomic E-state index is 13.0. The lowest BCUT2D eigenvalue weighted by Crippen LogP contribution is -2.36. The zero-order chi connectivity index (χ0) is 22.7. The number of amides is 1. The number of para-hydroxylation sites is 1. The number of hydrogen-bond donors (Lipinski definition) is 1. The molecule has 4 rings (SSSR count). The Labute approximate surface area is 196 Å². The summed E-state index contributed by atoms with van der Waals surface area (Å²) in [6.45, 7) is 0.410. The van der Waals surface area contributed by atoms with Crippen molar-refractivity contribution in [2.24, 2.45) is 0 Å². The number of nitrogens with one attached hydrogen (secondary N) is 1. The van der Waals surface area contributed by atoms with E-state index in [9.17, 15) is 13.2 Å². The zero-order valence-electron chi connectivity index (χ0n) is 16.9. The van der Waals surface area contributed by atoms with Crippen LogP contribution >= 0.6 is 23.2 Å². The molecule has 9 heteroatoms. The third-order valence-corrected chi connectivity index (χ3v) is 7.54. The number of carbonyl (C=O) groups is 1. The van der Waals surface area contributed by atoms with Crippen molar-refractivity contribution in [3.63, 3.8) is 0 Å². The highest BCUT2D eigenvalue weighted by Gasteiger charge is 2.28. The first-order valence-electron chi connectivity index (χ1n) is 9.87. The number of nitrogens with zero attached hydrogens (tertiary/aromatic N) is 1. The Morgan fingerprint density at radius 2 is 1.75 bits per heavy atom. The van der Waals surface area contributed by atoms with Gasteiger partial charge in [-0.1, -0.05) is 41.4 Å². The second-order valence-electron chi connectivity index (χ2n) is 7.29. The molecule has 0 bridgehead atoms. The lowest BCUT2D eigenvalue weighted by molar-refractivity contribution is -0.118. The zero-order valence-corrected chi connectivity index (χ0v) is 19.3. The van der Waals surface area contributed by atoms with Crippen LogP contribution in [0.25, 0.3) is 0 Å². The molecule has 0 aliphatic carbocycles. The number of halogens is 2. The number of rotatable bonds is 6. The molecule has 0 fully saturated rings. The molecule has 3 aromatic rings. The summed E-state index contributed by atoms with van der Waals surface area (Å²) in [7, 11) is -3.65.